The molecule has 0 fully saturated rings. The average molecular weight is 290 g/mol. The largest absolute Gasteiger partial charge is 0.285 e. The molecule has 4 nitrogen and oxygen atoms in total. The van der Waals surface area contributed by atoms with Gasteiger partial charge in [-0.1, -0.05) is 15.9 Å². The zero-order valence-electron chi connectivity index (χ0n) is 8.36. The van der Waals surface area contributed by atoms with E-state index in [1.807, 2.05) is 0 Å². The van der Waals surface area contributed by atoms with E-state index in [1.165, 1.54) is 12.1 Å². The number of Topliss-reactive ketones (excluding diaryl/α,β-unsaturated/α-hetero) is 2. The molecule has 0 aliphatic heterocycles. The molecule has 5 heteroatoms. The molecule has 82 valence electrons. The van der Waals surface area contributed by atoms with Crippen molar-refractivity contribution in [3.63, 3.8) is 0 Å². The molecule has 1 aliphatic carbocycles. The zero-order valence-corrected chi connectivity index (χ0v) is 9.95. The average Bonchev–Trinajstić information content (AvgIpc) is 2.59. The van der Waals surface area contributed by atoms with E-state index in [0.29, 0.717) is 26.4 Å². The smallest absolute Gasteiger partial charge is 0.234 e. The number of rotatable bonds is 1. The van der Waals surface area contributed by atoms with Crippen molar-refractivity contribution in [2.75, 3.05) is 0 Å². The highest BCUT2D eigenvalue weighted by atomic mass is 79.9. The van der Waals surface area contributed by atoms with E-state index in [9.17, 15) is 14.5 Å². The van der Waals surface area contributed by atoms with Gasteiger partial charge in [-0.2, -0.15) is 0 Å². The van der Waals surface area contributed by atoms with Crippen LogP contribution < -0.4 is 0 Å². The number of benzene rings is 2. The van der Waals surface area contributed by atoms with Crippen LogP contribution >= 0.6 is 15.9 Å². The first-order valence-corrected chi connectivity index (χ1v) is 5.62. The third-order valence-electron chi connectivity index (χ3n) is 2.88. The van der Waals surface area contributed by atoms with Crippen molar-refractivity contribution in [3.8, 4) is 0 Å². The van der Waals surface area contributed by atoms with Crippen LogP contribution in [0.15, 0.2) is 33.9 Å². The highest BCUT2D eigenvalue weighted by Gasteiger charge is 2.32. The van der Waals surface area contributed by atoms with E-state index in [-0.39, 0.29) is 5.69 Å². The predicted octanol–water partition coefficient (Wildman–Crippen LogP) is 3.38. The lowest BCUT2D eigenvalue weighted by Gasteiger charge is -2.03. The maximum absolute atomic E-state index is 11.7. The molecule has 0 bridgehead atoms. The fraction of sp³-hybridized carbons (Fsp3) is 0. The second kappa shape index (κ2) is 3.30. The molecule has 0 aromatic heterocycles. The van der Waals surface area contributed by atoms with Crippen molar-refractivity contribution in [1.29, 1.82) is 0 Å². The number of ketones is 2. The Kier molecular flexibility index (Phi) is 2.00. The van der Waals surface area contributed by atoms with Gasteiger partial charge in [0.1, 0.15) is 5.69 Å². The van der Waals surface area contributed by atoms with Crippen LogP contribution in [0.3, 0.4) is 0 Å². The van der Waals surface area contributed by atoms with Crippen LogP contribution in [0.25, 0.3) is 10.8 Å². The summed E-state index contributed by atoms with van der Waals surface area (Å²) in [5.74, 6) is -1.05. The van der Waals surface area contributed by atoms with Crippen LogP contribution in [-0.4, -0.2) is 11.6 Å². The first-order chi connectivity index (χ1) is 8.15. The Labute approximate surface area is 104 Å². The first kappa shape index (κ1) is 10.3. The SMILES string of the molecule is O=Nc1ccc2c3c(ccc(Br)c13)C(=O)C2=O. The molecule has 1 aliphatic rings. The standard InChI is InChI=1S/C12H4BrNO3/c13-7-3-1-5-9-6(12(16)11(5)15)2-4-8(14-17)10(7)9/h1-4H. The number of carbonyl (C=O) groups is 2. The van der Waals surface area contributed by atoms with Crippen LogP contribution in [0.4, 0.5) is 5.69 Å². The molecule has 0 radical (unpaired) electrons. The summed E-state index contributed by atoms with van der Waals surface area (Å²) in [6.45, 7) is 0. The molecule has 0 atom stereocenters. The summed E-state index contributed by atoms with van der Waals surface area (Å²) in [6.07, 6.45) is 0. The van der Waals surface area contributed by atoms with Crippen LogP contribution in [-0.2, 0) is 0 Å². The van der Waals surface area contributed by atoms with Gasteiger partial charge in [-0.3, -0.25) is 9.59 Å². The van der Waals surface area contributed by atoms with Gasteiger partial charge in [-0.25, -0.2) is 0 Å². The Bertz CT molecular complexity index is 701. The maximum atomic E-state index is 11.7. The lowest BCUT2D eigenvalue weighted by atomic mass is 10.0. The van der Waals surface area contributed by atoms with Crippen LogP contribution in [0.2, 0.25) is 0 Å². The summed E-state index contributed by atoms with van der Waals surface area (Å²) in [5, 5.41) is 3.96. The molecule has 0 unspecified atom stereocenters. The summed E-state index contributed by atoms with van der Waals surface area (Å²) in [4.78, 5) is 34.2. The molecule has 0 amide bonds. The second-order valence-corrected chi connectivity index (χ2v) is 4.58. The van der Waals surface area contributed by atoms with Gasteiger partial charge in [0.05, 0.1) is 0 Å². The van der Waals surface area contributed by atoms with E-state index < -0.39 is 11.6 Å². The Hall–Kier alpha value is -1.88. The van der Waals surface area contributed by atoms with Gasteiger partial charge < -0.3 is 0 Å². The minimum atomic E-state index is -0.527. The fourth-order valence-corrected chi connectivity index (χ4v) is 2.67. The minimum Gasteiger partial charge on any atom is -0.285 e. The highest BCUT2D eigenvalue weighted by molar-refractivity contribution is 9.10. The quantitative estimate of drug-likeness (QED) is 0.597. The monoisotopic (exact) mass is 289 g/mol. The molecule has 0 saturated carbocycles. The summed E-state index contributed by atoms with van der Waals surface area (Å²) in [7, 11) is 0. The molecule has 0 saturated heterocycles. The van der Waals surface area contributed by atoms with Gasteiger partial charge in [0.25, 0.3) is 0 Å². The first-order valence-electron chi connectivity index (χ1n) is 4.82. The van der Waals surface area contributed by atoms with Gasteiger partial charge in [0, 0.05) is 26.4 Å². The molecule has 0 N–H and O–H groups in total. The highest BCUT2D eigenvalue weighted by Crippen LogP contribution is 2.40. The van der Waals surface area contributed by atoms with E-state index in [1.54, 1.807) is 12.1 Å². The molecule has 0 spiro atoms. The zero-order chi connectivity index (χ0) is 12.2. The van der Waals surface area contributed by atoms with E-state index in [2.05, 4.69) is 21.1 Å². The molecule has 2 aromatic rings. The van der Waals surface area contributed by atoms with Crippen LogP contribution in [0.1, 0.15) is 20.7 Å². The fourth-order valence-electron chi connectivity index (χ4n) is 2.14. The number of carbonyl (C=O) groups excluding carboxylic acids is 2. The van der Waals surface area contributed by atoms with Crippen molar-refractivity contribution in [2.24, 2.45) is 5.18 Å². The predicted molar refractivity (Wildman–Crippen MR) is 65.8 cm³/mol. The third-order valence-corrected chi connectivity index (χ3v) is 3.54. The number of halogens is 1. The summed E-state index contributed by atoms with van der Waals surface area (Å²) in [5.41, 5.74) is 0.905. The Balaban J connectivity index is 2.63. The van der Waals surface area contributed by atoms with E-state index in [0.717, 1.165) is 0 Å². The van der Waals surface area contributed by atoms with E-state index in [4.69, 9.17) is 0 Å². The number of hydrogen-bond acceptors (Lipinski definition) is 4. The van der Waals surface area contributed by atoms with Crippen molar-refractivity contribution in [1.82, 2.24) is 0 Å². The summed E-state index contributed by atoms with van der Waals surface area (Å²) < 4.78 is 0.648. The second-order valence-electron chi connectivity index (χ2n) is 3.73. The van der Waals surface area contributed by atoms with Crippen LogP contribution in [0, 0.1) is 4.91 Å². The van der Waals surface area contributed by atoms with Gasteiger partial charge in [0.15, 0.2) is 0 Å². The number of nitroso groups, excluding NO2 is 1. The van der Waals surface area contributed by atoms with Crippen molar-refractivity contribution < 1.29 is 9.59 Å². The Morgan fingerprint density at radius 3 is 2.06 bits per heavy atom. The summed E-state index contributed by atoms with van der Waals surface area (Å²) in [6, 6.07) is 6.16. The summed E-state index contributed by atoms with van der Waals surface area (Å²) >= 11 is 3.30. The van der Waals surface area contributed by atoms with Gasteiger partial charge in [-0.15, -0.1) is 4.91 Å². The normalized spacial score (nSPS) is 13.5. The molecule has 3 rings (SSSR count). The lowest BCUT2D eigenvalue weighted by Crippen LogP contribution is -2.05. The maximum Gasteiger partial charge on any atom is 0.234 e. The van der Waals surface area contributed by atoms with Crippen molar-refractivity contribution >= 4 is 44.0 Å². The Morgan fingerprint density at radius 2 is 1.47 bits per heavy atom. The molecule has 17 heavy (non-hydrogen) atoms. The Morgan fingerprint density at radius 1 is 0.882 bits per heavy atom. The van der Waals surface area contributed by atoms with Gasteiger partial charge in [-0.05, 0) is 29.4 Å². The third kappa shape index (κ3) is 1.17. The van der Waals surface area contributed by atoms with Gasteiger partial charge in [0.2, 0.25) is 11.6 Å². The number of nitrogens with zero attached hydrogens (tertiary/aromatic N) is 1. The topological polar surface area (TPSA) is 63.6 Å². The number of hydrogen-bond donors (Lipinski definition) is 0. The van der Waals surface area contributed by atoms with Gasteiger partial charge >= 0.3 is 0 Å². The molecular formula is C12H4BrNO3. The molecule has 0 heterocycles. The van der Waals surface area contributed by atoms with Crippen LogP contribution in [0.5, 0.6) is 0 Å². The molecular weight excluding hydrogens is 286 g/mol. The molecule has 2 aromatic carbocycles. The minimum absolute atomic E-state index is 0.222. The van der Waals surface area contributed by atoms with Crippen molar-refractivity contribution in [3.05, 3.63) is 44.8 Å². The van der Waals surface area contributed by atoms with E-state index >= 15 is 0 Å². The van der Waals surface area contributed by atoms with Crippen molar-refractivity contribution in [2.45, 2.75) is 0 Å². The lowest BCUT2D eigenvalue weighted by molar-refractivity contribution is 0.0825.